The smallest absolute Gasteiger partial charge is 0.317 e. The Morgan fingerprint density at radius 2 is 2.09 bits per heavy atom. The number of hydrogen-bond donors (Lipinski definition) is 1. The first-order chi connectivity index (χ1) is 10.6. The van der Waals surface area contributed by atoms with E-state index in [0.29, 0.717) is 0 Å². The van der Waals surface area contributed by atoms with Gasteiger partial charge < -0.3 is 9.84 Å². The molecule has 0 aliphatic carbocycles. The number of carboxylic acid groups (broad SMARTS) is 1. The van der Waals surface area contributed by atoms with Crippen molar-refractivity contribution in [3.8, 4) is 5.75 Å². The van der Waals surface area contributed by atoms with Crippen molar-refractivity contribution in [2.75, 3.05) is 19.6 Å². The van der Waals surface area contributed by atoms with Gasteiger partial charge in [-0.25, -0.2) is 0 Å². The number of hydrogen-bond acceptors (Lipinski definition) is 4. The van der Waals surface area contributed by atoms with Gasteiger partial charge >= 0.3 is 5.97 Å². The number of pyridine rings is 1. The number of nitrogens with zero attached hydrogens (tertiary/aromatic N) is 2. The average Bonchev–Trinajstić information content (AvgIpc) is 2.48. The van der Waals surface area contributed by atoms with Crippen LogP contribution in [-0.4, -0.2) is 46.7 Å². The predicted molar refractivity (Wildman–Crippen MR) is 84.2 cm³/mol. The number of piperidine rings is 1. The van der Waals surface area contributed by atoms with Gasteiger partial charge in [-0.05, 0) is 31.9 Å². The second kappa shape index (κ2) is 6.32. The Kier molecular flexibility index (Phi) is 4.24. The first-order valence-electron chi connectivity index (χ1n) is 7.59. The summed E-state index contributed by atoms with van der Waals surface area (Å²) >= 11 is 0. The Bertz CT molecular complexity index is 679. The third-order valence-electron chi connectivity index (χ3n) is 3.99. The van der Waals surface area contributed by atoms with Crippen molar-refractivity contribution < 1.29 is 14.6 Å². The zero-order valence-electron chi connectivity index (χ0n) is 12.7. The maximum absolute atomic E-state index is 10.7. The number of aromatic nitrogens is 1. The molecule has 0 radical (unpaired) electrons. The molecule has 2 heterocycles. The topological polar surface area (TPSA) is 62.7 Å². The summed E-state index contributed by atoms with van der Waals surface area (Å²) in [4.78, 5) is 17.2. The summed E-state index contributed by atoms with van der Waals surface area (Å²) in [5.74, 6) is 0.106. The molecule has 1 N–H and O–H groups in total. The number of carboxylic acids is 1. The van der Waals surface area contributed by atoms with Crippen molar-refractivity contribution >= 4 is 16.9 Å². The van der Waals surface area contributed by atoms with Crippen LogP contribution in [0.3, 0.4) is 0 Å². The summed E-state index contributed by atoms with van der Waals surface area (Å²) in [6.07, 6.45) is 1.83. The van der Waals surface area contributed by atoms with Crippen LogP contribution in [0.4, 0.5) is 0 Å². The fourth-order valence-electron chi connectivity index (χ4n) is 2.92. The van der Waals surface area contributed by atoms with Gasteiger partial charge in [-0.1, -0.05) is 12.1 Å². The van der Waals surface area contributed by atoms with Crippen molar-refractivity contribution in [1.29, 1.82) is 0 Å². The Balaban J connectivity index is 1.71. The third-order valence-corrected chi connectivity index (χ3v) is 3.99. The molecule has 1 aromatic heterocycles. The lowest BCUT2D eigenvalue weighted by Gasteiger charge is -2.31. The molecule has 0 amide bonds. The molecule has 22 heavy (non-hydrogen) atoms. The van der Waals surface area contributed by atoms with E-state index in [1.54, 1.807) is 0 Å². The van der Waals surface area contributed by atoms with Crippen LogP contribution in [0.25, 0.3) is 10.9 Å². The van der Waals surface area contributed by atoms with Crippen molar-refractivity contribution in [3.63, 3.8) is 0 Å². The predicted octanol–water partition coefficient (Wildman–Crippen LogP) is 2.47. The molecule has 1 fully saturated rings. The zero-order valence-corrected chi connectivity index (χ0v) is 12.7. The van der Waals surface area contributed by atoms with E-state index in [0.717, 1.165) is 48.3 Å². The van der Waals surface area contributed by atoms with Crippen LogP contribution in [0.1, 0.15) is 18.5 Å². The number of rotatable bonds is 4. The number of aliphatic carboxylic acids is 1. The van der Waals surface area contributed by atoms with Gasteiger partial charge in [-0.3, -0.25) is 14.7 Å². The first kappa shape index (κ1) is 14.8. The molecular formula is C17H20N2O3. The molecule has 116 valence electrons. The number of carbonyl (C=O) groups is 1. The van der Waals surface area contributed by atoms with E-state index in [1.165, 1.54) is 0 Å². The molecule has 5 heteroatoms. The lowest BCUT2D eigenvalue weighted by atomic mass is 10.1. The number of fused-ring (bicyclic) bond motifs is 1. The van der Waals surface area contributed by atoms with Crippen LogP contribution in [0.2, 0.25) is 0 Å². The molecular weight excluding hydrogens is 280 g/mol. The lowest BCUT2D eigenvalue weighted by molar-refractivity contribution is -0.138. The Morgan fingerprint density at radius 1 is 1.36 bits per heavy atom. The highest BCUT2D eigenvalue weighted by Crippen LogP contribution is 2.28. The van der Waals surface area contributed by atoms with Gasteiger partial charge in [0.2, 0.25) is 0 Å². The summed E-state index contributed by atoms with van der Waals surface area (Å²) < 4.78 is 6.19. The Hall–Kier alpha value is -2.14. The number of para-hydroxylation sites is 1. The van der Waals surface area contributed by atoms with E-state index in [-0.39, 0.29) is 12.6 Å². The minimum atomic E-state index is -0.768. The standard InChI is InChI=1S/C17H20N2O3/c1-12-10-16(14-4-2-3-5-15(14)18-12)22-13-6-8-19(9-7-13)11-17(20)21/h2-5,10,13H,6-9,11H2,1H3,(H,20,21). The van der Waals surface area contributed by atoms with Gasteiger partial charge in [0.15, 0.2) is 0 Å². The SMILES string of the molecule is Cc1cc(OC2CCN(CC(=O)O)CC2)c2ccccc2n1. The van der Waals surface area contributed by atoms with Crippen LogP contribution in [0.15, 0.2) is 30.3 Å². The van der Waals surface area contributed by atoms with Crippen molar-refractivity contribution in [2.45, 2.75) is 25.9 Å². The van der Waals surface area contributed by atoms with Crippen LogP contribution in [-0.2, 0) is 4.79 Å². The molecule has 1 aromatic carbocycles. The molecule has 0 unspecified atom stereocenters. The van der Waals surface area contributed by atoms with Gasteiger partial charge in [0.05, 0.1) is 12.1 Å². The summed E-state index contributed by atoms with van der Waals surface area (Å²) in [5, 5.41) is 9.86. The fraction of sp³-hybridized carbons (Fsp3) is 0.412. The van der Waals surface area contributed by atoms with E-state index in [2.05, 4.69) is 4.98 Å². The molecule has 1 aliphatic heterocycles. The number of aryl methyl sites for hydroxylation is 1. The van der Waals surface area contributed by atoms with Crippen LogP contribution >= 0.6 is 0 Å². The van der Waals surface area contributed by atoms with Gasteiger partial charge in [-0.15, -0.1) is 0 Å². The van der Waals surface area contributed by atoms with Gasteiger partial charge in [0.25, 0.3) is 0 Å². The molecule has 2 aromatic rings. The minimum absolute atomic E-state index is 0.115. The van der Waals surface area contributed by atoms with E-state index < -0.39 is 5.97 Å². The van der Waals surface area contributed by atoms with Crippen molar-refractivity contribution in [2.24, 2.45) is 0 Å². The average molecular weight is 300 g/mol. The first-order valence-corrected chi connectivity index (χ1v) is 7.59. The normalized spacial score (nSPS) is 16.8. The Labute approximate surface area is 129 Å². The quantitative estimate of drug-likeness (QED) is 0.940. The molecule has 5 nitrogen and oxygen atoms in total. The highest BCUT2D eigenvalue weighted by atomic mass is 16.5. The third kappa shape index (κ3) is 3.36. The summed E-state index contributed by atoms with van der Waals surface area (Å²) in [7, 11) is 0. The second-order valence-electron chi connectivity index (χ2n) is 5.77. The van der Waals surface area contributed by atoms with Crippen LogP contribution < -0.4 is 4.74 Å². The molecule has 1 saturated heterocycles. The Morgan fingerprint density at radius 3 is 2.82 bits per heavy atom. The number of likely N-dealkylation sites (tertiary alicyclic amines) is 1. The summed E-state index contributed by atoms with van der Waals surface area (Å²) in [6.45, 7) is 3.61. The van der Waals surface area contributed by atoms with E-state index in [1.807, 2.05) is 42.2 Å². The van der Waals surface area contributed by atoms with E-state index in [4.69, 9.17) is 9.84 Å². The number of benzene rings is 1. The fourth-order valence-corrected chi connectivity index (χ4v) is 2.92. The van der Waals surface area contributed by atoms with E-state index >= 15 is 0 Å². The van der Waals surface area contributed by atoms with Crippen LogP contribution in [0.5, 0.6) is 5.75 Å². The summed E-state index contributed by atoms with van der Waals surface area (Å²) in [6, 6.07) is 9.96. The molecule has 0 spiro atoms. The van der Waals surface area contributed by atoms with Gasteiger partial charge in [0, 0.05) is 30.2 Å². The molecule has 0 saturated carbocycles. The van der Waals surface area contributed by atoms with E-state index in [9.17, 15) is 4.79 Å². The highest BCUT2D eigenvalue weighted by molar-refractivity contribution is 5.85. The molecule has 0 bridgehead atoms. The van der Waals surface area contributed by atoms with Gasteiger partial charge in [0.1, 0.15) is 11.9 Å². The number of ether oxygens (including phenoxy) is 1. The molecule has 3 rings (SSSR count). The maximum atomic E-state index is 10.7. The highest BCUT2D eigenvalue weighted by Gasteiger charge is 2.22. The maximum Gasteiger partial charge on any atom is 0.317 e. The van der Waals surface area contributed by atoms with Crippen molar-refractivity contribution in [3.05, 3.63) is 36.0 Å². The molecule has 1 aliphatic rings. The zero-order chi connectivity index (χ0) is 15.5. The second-order valence-corrected chi connectivity index (χ2v) is 5.77. The van der Waals surface area contributed by atoms with Gasteiger partial charge in [-0.2, -0.15) is 0 Å². The lowest BCUT2D eigenvalue weighted by Crippen LogP contribution is -2.40. The summed E-state index contributed by atoms with van der Waals surface area (Å²) in [5.41, 5.74) is 1.89. The minimum Gasteiger partial charge on any atom is -0.490 e. The van der Waals surface area contributed by atoms with Crippen LogP contribution in [0, 0.1) is 6.92 Å². The monoisotopic (exact) mass is 300 g/mol. The molecule has 0 atom stereocenters. The largest absolute Gasteiger partial charge is 0.490 e. The van der Waals surface area contributed by atoms with Crippen molar-refractivity contribution in [1.82, 2.24) is 9.88 Å².